The second-order valence-corrected chi connectivity index (χ2v) is 27.2. The molecule has 18 atom stereocenters. The quantitative estimate of drug-likeness (QED) is 0.0333. The van der Waals surface area contributed by atoms with Gasteiger partial charge in [-0.3, -0.25) is 13.9 Å². The number of esters is 1. The summed E-state index contributed by atoms with van der Waals surface area (Å²) in [5.41, 5.74) is 0. The third-order valence-electron chi connectivity index (χ3n) is 19.3. The second kappa shape index (κ2) is 39.8. The van der Waals surface area contributed by atoms with Crippen molar-refractivity contribution < 1.29 is 46.8 Å². The number of unbranched alkanes of at least 4 members (excludes halogenated alkanes) is 25. The maximum absolute atomic E-state index is 15.0. The van der Waals surface area contributed by atoms with E-state index in [2.05, 4.69) is 90.0 Å². The van der Waals surface area contributed by atoms with E-state index in [0.29, 0.717) is 36.7 Å². The van der Waals surface area contributed by atoms with Gasteiger partial charge in [-0.1, -0.05) is 251 Å². The van der Waals surface area contributed by atoms with Gasteiger partial charge in [0.25, 0.3) is 0 Å². The van der Waals surface area contributed by atoms with E-state index >= 15 is 0 Å². The summed E-state index contributed by atoms with van der Waals surface area (Å²) in [6.45, 7) is 31.4. The highest BCUT2D eigenvalue weighted by Crippen LogP contribution is 2.52. The van der Waals surface area contributed by atoms with Crippen LogP contribution in [-0.2, 0) is 46.8 Å². The van der Waals surface area contributed by atoms with Gasteiger partial charge >= 0.3 is 13.6 Å². The summed E-state index contributed by atoms with van der Waals surface area (Å²) in [6, 6.07) is 0. The molecule has 3 aliphatic rings. The minimum atomic E-state index is -3.81. The van der Waals surface area contributed by atoms with Crippen LogP contribution >= 0.6 is 7.60 Å². The molecule has 11 heteroatoms. The summed E-state index contributed by atoms with van der Waals surface area (Å²) in [6.07, 6.45) is 33.4. The molecule has 3 fully saturated rings. The zero-order chi connectivity index (χ0) is 55.9. The molecule has 0 radical (unpaired) electrons. The normalized spacial score (nSPS) is 32.3. The molecule has 1 aliphatic carbocycles. The number of rotatable bonds is 43. The average Bonchev–Trinajstić information content (AvgIpc) is 3.40. The fraction of sp³-hybridized carbons (Fsp3) is 0.985. The molecule has 450 valence electrons. The molecule has 2 saturated heterocycles. The first-order chi connectivity index (χ1) is 36.5. The Labute approximate surface area is 470 Å². The first kappa shape index (κ1) is 69.7. The van der Waals surface area contributed by atoms with E-state index in [1.165, 1.54) is 141 Å². The van der Waals surface area contributed by atoms with Crippen LogP contribution < -0.4 is 0 Å². The largest absolute Gasteiger partial charge is 0.463 e. The Hall–Kier alpha value is -0.580. The van der Waals surface area contributed by atoms with Gasteiger partial charge in [0.05, 0.1) is 31.0 Å². The van der Waals surface area contributed by atoms with Gasteiger partial charge in [0.2, 0.25) is 0 Å². The highest BCUT2D eigenvalue weighted by molar-refractivity contribution is 7.53. The summed E-state index contributed by atoms with van der Waals surface area (Å²) in [7, 11) is -3.81. The van der Waals surface area contributed by atoms with E-state index in [-0.39, 0.29) is 61.0 Å². The summed E-state index contributed by atoms with van der Waals surface area (Å²) in [4.78, 5) is 13.2. The molecule has 2 aliphatic heterocycles. The SMILES string of the molecule is CCCCCCCCCCCCCCCCO[C@H](COC(=O)CCCCCCCCCCCCCCC)COP(C)(=O)O[C@@H]1C(O[C@@H]2OC(CC)[C@@H](C)[C@H](C)C2C)C(C)[C@@H](C)[C@H](C)C1O[C@H]1OC(CC)[C@@H](C)C(C)[C@H]1C. The van der Waals surface area contributed by atoms with Crippen LogP contribution in [0.2, 0.25) is 0 Å². The van der Waals surface area contributed by atoms with Crippen molar-refractivity contribution in [3.8, 4) is 0 Å². The van der Waals surface area contributed by atoms with E-state index in [0.717, 1.165) is 44.9 Å². The van der Waals surface area contributed by atoms with Crippen LogP contribution in [0.25, 0.3) is 0 Å². The summed E-state index contributed by atoms with van der Waals surface area (Å²) >= 11 is 0. The van der Waals surface area contributed by atoms with Gasteiger partial charge in [-0.2, -0.15) is 0 Å². The molecule has 0 amide bonds. The predicted octanol–water partition coefficient (Wildman–Crippen LogP) is 18.9. The Kier molecular flexibility index (Phi) is 36.5. The maximum Gasteiger partial charge on any atom is 0.328 e. The molecule has 0 aromatic heterocycles. The van der Waals surface area contributed by atoms with Crippen molar-refractivity contribution in [2.24, 2.45) is 53.3 Å². The van der Waals surface area contributed by atoms with Gasteiger partial charge in [0.1, 0.15) is 18.8 Å². The van der Waals surface area contributed by atoms with Crippen LogP contribution in [0.5, 0.6) is 0 Å². The third-order valence-corrected chi connectivity index (χ3v) is 20.5. The molecule has 0 aromatic rings. The number of hydrogen-bond acceptors (Lipinski definition) is 10. The lowest BCUT2D eigenvalue weighted by molar-refractivity contribution is -0.320. The van der Waals surface area contributed by atoms with Crippen LogP contribution in [0.4, 0.5) is 0 Å². The van der Waals surface area contributed by atoms with Gasteiger partial charge in [-0.15, -0.1) is 0 Å². The van der Waals surface area contributed by atoms with Crippen molar-refractivity contribution in [2.45, 2.75) is 332 Å². The van der Waals surface area contributed by atoms with Gasteiger partial charge in [0, 0.05) is 31.5 Å². The third kappa shape index (κ3) is 25.3. The van der Waals surface area contributed by atoms with Crippen molar-refractivity contribution in [1.29, 1.82) is 0 Å². The average molecular weight is 1100 g/mol. The highest BCUT2D eigenvalue weighted by atomic mass is 31.2. The van der Waals surface area contributed by atoms with Crippen LogP contribution in [-0.4, -0.2) is 81.7 Å². The molecular weight excluding hydrogens is 972 g/mol. The first-order valence-corrected chi connectivity index (χ1v) is 34.8. The van der Waals surface area contributed by atoms with Crippen molar-refractivity contribution in [3.63, 3.8) is 0 Å². The highest BCUT2D eigenvalue weighted by Gasteiger charge is 2.54. The fourth-order valence-electron chi connectivity index (χ4n) is 12.6. The van der Waals surface area contributed by atoms with Crippen LogP contribution in [0.3, 0.4) is 0 Å². The molecular formula is C65H125O10P. The molecule has 1 saturated carbocycles. The monoisotopic (exact) mass is 1100 g/mol. The zero-order valence-corrected chi connectivity index (χ0v) is 53.1. The smallest absolute Gasteiger partial charge is 0.328 e. The van der Waals surface area contributed by atoms with E-state index < -0.39 is 44.6 Å². The molecule has 76 heavy (non-hydrogen) atoms. The Bertz CT molecular complexity index is 1440. The van der Waals surface area contributed by atoms with E-state index in [1.807, 2.05) is 0 Å². The Balaban J connectivity index is 1.69. The molecule has 0 spiro atoms. The molecule has 2 heterocycles. The molecule has 10 nitrogen and oxygen atoms in total. The standard InChI is InChI=1S/C65H125O10P/c1-15-19-21-23-25-27-29-31-33-35-37-39-41-43-45-68-57(46-69-60(66)44-42-40-38-36-34-32-30-28-26-24-22-20-16-2)47-70-76(14,67)75-63-61(73-64-55(12)48(5)51(8)58(17-3)71-64)53(10)50(7)54(11)62(63)74-65-56(13)49(6)52(9)59(18-4)72-65/h48-59,61-65H,15-47H2,1-14H3/t48-,49?,50+,51-,52-,53?,54-,55?,56+,57+,58?,59?,61?,62?,63+,64-,65+,76?/m0/s1. The molecule has 0 N–H and O–H groups in total. The van der Waals surface area contributed by atoms with Gasteiger partial charge in [-0.05, 0) is 67.1 Å². The number of ether oxygens (including phenoxy) is 6. The van der Waals surface area contributed by atoms with E-state index in [9.17, 15) is 9.36 Å². The second-order valence-electron chi connectivity index (χ2n) is 25.2. The maximum atomic E-state index is 15.0. The van der Waals surface area contributed by atoms with E-state index in [1.54, 1.807) is 6.66 Å². The number of hydrogen-bond donors (Lipinski definition) is 0. The lowest BCUT2D eigenvalue weighted by Crippen LogP contribution is -2.60. The molecule has 0 aromatic carbocycles. The Morgan fingerprint density at radius 3 is 1.17 bits per heavy atom. The lowest BCUT2D eigenvalue weighted by Gasteiger charge is -2.53. The first-order valence-electron chi connectivity index (χ1n) is 32.8. The Morgan fingerprint density at radius 2 is 0.789 bits per heavy atom. The zero-order valence-electron chi connectivity index (χ0n) is 52.2. The summed E-state index contributed by atoms with van der Waals surface area (Å²) < 4.78 is 68.5. The minimum absolute atomic E-state index is 0.0314. The van der Waals surface area contributed by atoms with Gasteiger partial charge < -0.3 is 32.9 Å². The molecule has 3 rings (SSSR count). The van der Waals surface area contributed by atoms with Crippen LogP contribution in [0.15, 0.2) is 0 Å². The minimum Gasteiger partial charge on any atom is -0.463 e. The van der Waals surface area contributed by atoms with Crippen molar-refractivity contribution >= 4 is 13.6 Å². The van der Waals surface area contributed by atoms with Crippen molar-refractivity contribution in [3.05, 3.63) is 0 Å². The van der Waals surface area contributed by atoms with E-state index in [4.69, 9.17) is 37.5 Å². The lowest BCUT2D eigenvalue weighted by atomic mass is 9.69. The number of carbonyl (C=O) groups is 1. The topological polar surface area (TPSA) is 108 Å². The Morgan fingerprint density at radius 1 is 0.434 bits per heavy atom. The molecule has 8 unspecified atom stereocenters. The number of carbonyl (C=O) groups excluding carboxylic acids is 1. The molecule has 0 bridgehead atoms. The van der Waals surface area contributed by atoms with Gasteiger partial charge in [-0.25, -0.2) is 0 Å². The van der Waals surface area contributed by atoms with Crippen molar-refractivity contribution in [1.82, 2.24) is 0 Å². The summed E-state index contributed by atoms with van der Waals surface area (Å²) in [5.74, 6) is 1.92. The van der Waals surface area contributed by atoms with Crippen molar-refractivity contribution in [2.75, 3.05) is 26.5 Å². The van der Waals surface area contributed by atoms with Crippen LogP contribution in [0.1, 0.15) is 283 Å². The van der Waals surface area contributed by atoms with Crippen LogP contribution in [0, 0.1) is 53.3 Å². The van der Waals surface area contributed by atoms with Gasteiger partial charge in [0.15, 0.2) is 12.6 Å². The fourth-order valence-corrected chi connectivity index (χ4v) is 13.8. The predicted molar refractivity (Wildman–Crippen MR) is 316 cm³/mol. The summed E-state index contributed by atoms with van der Waals surface area (Å²) in [5, 5.41) is 0.